The van der Waals surface area contributed by atoms with Gasteiger partial charge in [-0.05, 0) is 24.8 Å². The summed E-state index contributed by atoms with van der Waals surface area (Å²) in [5.74, 6) is 0.204. The molecule has 1 fully saturated rings. The van der Waals surface area contributed by atoms with E-state index in [1.807, 2.05) is 0 Å². The van der Waals surface area contributed by atoms with Gasteiger partial charge in [-0.15, -0.1) is 0 Å². The molecular formula is C10H13ClN2O3S. The van der Waals surface area contributed by atoms with Crippen molar-refractivity contribution >= 4 is 21.6 Å². The summed E-state index contributed by atoms with van der Waals surface area (Å²) < 4.78 is 26.2. The first-order valence-corrected chi connectivity index (χ1v) is 7.12. The van der Waals surface area contributed by atoms with Crippen LogP contribution in [-0.4, -0.2) is 31.2 Å². The molecule has 0 aliphatic heterocycles. The highest BCUT2D eigenvalue weighted by molar-refractivity contribution is 7.89. The fraction of sp³-hybridized carbons (Fsp3) is 0.500. The van der Waals surface area contributed by atoms with Gasteiger partial charge >= 0.3 is 0 Å². The molecule has 1 heterocycles. The van der Waals surface area contributed by atoms with E-state index in [1.165, 1.54) is 18.5 Å². The number of sulfonamides is 1. The van der Waals surface area contributed by atoms with Gasteiger partial charge in [-0.3, -0.25) is 4.98 Å². The Morgan fingerprint density at radius 2 is 2.24 bits per heavy atom. The average molecular weight is 277 g/mol. The van der Waals surface area contributed by atoms with Gasteiger partial charge in [0.1, 0.15) is 4.90 Å². The van der Waals surface area contributed by atoms with E-state index in [4.69, 9.17) is 16.7 Å². The zero-order valence-corrected chi connectivity index (χ0v) is 10.6. The van der Waals surface area contributed by atoms with Crippen molar-refractivity contribution in [1.82, 2.24) is 9.71 Å². The minimum Gasteiger partial charge on any atom is -0.393 e. The third-order valence-electron chi connectivity index (χ3n) is 2.80. The molecule has 0 spiro atoms. The molecule has 0 amide bonds. The van der Waals surface area contributed by atoms with Gasteiger partial charge in [0.25, 0.3) is 0 Å². The molecule has 7 heteroatoms. The lowest BCUT2D eigenvalue weighted by Gasteiger charge is -2.31. The van der Waals surface area contributed by atoms with Crippen LogP contribution in [0, 0.1) is 5.92 Å². The molecule has 94 valence electrons. The first kappa shape index (κ1) is 12.8. The van der Waals surface area contributed by atoms with Crippen molar-refractivity contribution in [3.63, 3.8) is 0 Å². The van der Waals surface area contributed by atoms with Crippen molar-refractivity contribution in [2.45, 2.75) is 23.8 Å². The van der Waals surface area contributed by atoms with Gasteiger partial charge in [0.2, 0.25) is 10.0 Å². The highest BCUT2D eigenvalue weighted by Crippen LogP contribution is 2.27. The zero-order chi connectivity index (χ0) is 12.5. The fourth-order valence-corrected chi connectivity index (χ4v) is 3.28. The molecule has 1 aliphatic rings. The number of hydrogen-bond acceptors (Lipinski definition) is 4. The Bertz CT molecular complexity index is 500. The van der Waals surface area contributed by atoms with E-state index >= 15 is 0 Å². The third kappa shape index (κ3) is 2.95. The number of pyridine rings is 1. The van der Waals surface area contributed by atoms with Crippen LogP contribution in [-0.2, 0) is 10.0 Å². The predicted molar refractivity (Wildman–Crippen MR) is 63.2 cm³/mol. The molecule has 0 radical (unpaired) electrons. The lowest BCUT2D eigenvalue weighted by Crippen LogP contribution is -2.38. The molecule has 1 aliphatic carbocycles. The number of aliphatic hydroxyl groups is 1. The number of aromatic nitrogens is 1. The van der Waals surface area contributed by atoms with Crippen LogP contribution in [0.1, 0.15) is 12.8 Å². The first-order chi connectivity index (χ1) is 7.99. The topological polar surface area (TPSA) is 79.3 Å². The Morgan fingerprint density at radius 1 is 1.53 bits per heavy atom. The van der Waals surface area contributed by atoms with E-state index in [9.17, 15) is 8.42 Å². The van der Waals surface area contributed by atoms with Crippen LogP contribution in [0.5, 0.6) is 0 Å². The minimum atomic E-state index is -3.61. The molecule has 0 bridgehead atoms. The zero-order valence-electron chi connectivity index (χ0n) is 9.01. The molecule has 0 aromatic carbocycles. The molecule has 2 rings (SSSR count). The van der Waals surface area contributed by atoms with Crippen molar-refractivity contribution in [2.24, 2.45) is 5.92 Å². The Morgan fingerprint density at radius 3 is 2.82 bits per heavy atom. The lowest BCUT2D eigenvalue weighted by atomic mass is 9.83. The predicted octanol–water partition coefficient (Wildman–Crippen LogP) is 0.784. The summed E-state index contributed by atoms with van der Waals surface area (Å²) in [7, 11) is -3.61. The Balaban J connectivity index is 2.02. The standard InChI is InChI=1S/C10H13ClN2O3S/c11-9-1-2-12-6-10(9)17(15,16)13-5-7-3-8(14)4-7/h1-2,6-8,13-14H,3-5H2. The average Bonchev–Trinajstić information content (AvgIpc) is 2.23. The summed E-state index contributed by atoms with van der Waals surface area (Å²) in [6.07, 6.45) is 3.66. The highest BCUT2D eigenvalue weighted by Gasteiger charge is 2.28. The van der Waals surface area contributed by atoms with E-state index in [-0.39, 0.29) is 21.9 Å². The van der Waals surface area contributed by atoms with E-state index in [0.717, 1.165) is 0 Å². The van der Waals surface area contributed by atoms with Crippen LogP contribution in [0.4, 0.5) is 0 Å². The van der Waals surface area contributed by atoms with Crippen molar-refractivity contribution in [3.05, 3.63) is 23.5 Å². The Kier molecular flexibility index (Phi) is 3.67. The second kappa shape index (κ2) is 4.89. The monoisotopic (exact) mass is 276 g/mol. The van der Waals surface area contributed by atoms with E-state index in [0.29, 0.717) is 19.4 Å². The first-order valence-electron chi connectivity index (χ1n) is 5.26. The summed E-state index contributed by atoms with van der Waals surface area (Å²) in [5.41, 5.74) is 0. The number of aliphatic hydroxyl groups excluding tert-OH is 1. The molecule has 1 aromatic rings. The lowest BCUT2D eigenvalue weighted by molar-refractivity contribution is 0.0453. The Hall–Kier alpha value is -0.690. The van der Waals surface area contributed by atoms with Crippen LogP contribution >= 0.6 is 11.6 Å². The molecule has 1 aromatic heterocycles. The fourth-order valence-electron chi connectivity index (χ4n) is 1.73. The van der Waals surface area contributed by atoms with E-state index in [1.54, 1.807) is 0 Å². The number of halogens is 1. The maximum absolute atomic E-state index is 11.9. The van der Waals surface area contributed by atoms with Crippen LogP contribution in [0.15, 0.2) is 23.4 Å². The summed E-state index contributed by atoms with van der Waals surface area (Å²) in [6.45, 7) is 0.324. The molecule has 5 nitrogen and oxygen atoms in total. The molecule has 0 unspecified atom stereocenters. The van der Waals surface area contributed by atoms with Gasteiger partial charge in [0, 0.05) is 18.9 Å². The van der Waals surface area contributed by atoms with Gasteiger partial charge < -0.3 is 5.11 Å². The summed E-state index contributed by atoms with van der Waals surface area (Å²) >= 11 is 5.80. The van der Waals surface area contributed by atoms with Gasteiger partial charge in [-0.2, -0.15) is 0 Å². The number of hydrogen-bond donors (Lipinski definition) is 2. The second-order valence-electron chi connectivity index (χ2n) is 4.15. The summed E-state index contributed by atoms with van der Waals surface area (Å²) in [4.78, 5) is 3.73. The second-order valence-corrected chi connectivity index (χ2v) is 6.29. The van der Waals surface area contributed by atoms with E-state index in [2.05, 4.69) is 9.71 Å². The highest BCUT2D eigenvalue weighted by atomic mass is 35.5. The van der Waals surface area contributed by atoms with Crippen LogP contribution in [0.25, 0.3) is 0 Å². The van der Waals surface area contributed by atoms with E-state index < -0.39 is 10.0 Å². The van der Waals surface area contributed by atoms with Gasteiger partial charge in [-0.1, -0.05) is 11.6 Å². The third-order valence-corrected chi connectivity index (χ3v) is 4.69. The van der Waals surface area contributed by atoms with Crippen molar-refractivity contribution in [2.75, 3.05) is 6.54 Å². The quantitative estimate of drug-likeness (QED) is 0.852. The molecule has 2 N–H and O–H groups in total. The maximum atomic E-state index is 11.9. The molecular weight excluding hydrogens is 264 g/mol. The number of nitrogens with one attached hydrogen (secondary N) is 1. The largest absolute Gasteiger partial charge is 0.393 e. The summed E-state index contributed by atoms with van der Waals surface area (Å²) in [5, 5.41) is 9.25. The SMILES string of the molecule is O=S(=O)(NCC1CC(O)C1)c1cnccc1Cl. The molecule has 0 saturated heterocycles. The summed E-state index contributed by atoms with van der Waals surface area (Å²) in [6, 6.07) is 1.43. The van der Waals surface area contributed by atoms with Crippen LogP contribution < -0.4 is 4.72 Å². The van der Waals surface area contributed by atoms with Crippen molar-refractivity contribution in [1.29, 1.82) is 0 Å². The van der Waals surface area contributed by atoms with Gasteiger partial charge in [0.05, 0.1) is 11.1 Å². The number of nitrogens with zero attached hydrogens (tertiary/aromatic N) is 1. The molecule has 0 atom stereocenters. The van der Waals surface area contributed by atoms with Crippen molar-refractivity contribution in [3.8, 4) is 0 Å². The van der Waals surface area contributed by atoms with Crippen LogP contribution in [0.3, 0.4) is 0 Å². The smallest absolute Gasteiger partial charge is 0.243 e. The van der Waals surface area contributed by atoms with Crippen molar-refractivity contribution < 1.29 is 13.5 Å². The van der Waals surface area contributed by atoms with Crippen LogP contribution in [0.2, 0.25) is 5.02 Å². The van der Waals surface area contributed by atoms with Gasteiger partial charge in [0.15, 0.2) is 0 Å². The normalized spacial score (nSPS) is 24.4. The maximum Gasteiger partial charge on any atom is 0.243 e. The minimum absolute atomic E-state index is 0.0125. The Labute approximate surface area is 105 Å². The van der Waals surface area contributed by atoms with Gasteiger partial charge in [-0.25, -0.2) is 13.1 Å². The molecule has 17 heavy (non-hydrogen) atoms. The number of rotatable bonds is 4. The molecule has 1 saturated carbocycles.